The maximum atomic E-state index is 3.36. The number of rotatable bonds is 0. The summed E-state index contributed by atoms with van der Waals surface area (Å²) >= 11 is 0. The normalized spacial score (nSPS) is 10.5. The van der Waals surface area contributed by atoms with Crippen molar-refractivity contribution in [2.24, 2.45) is 0 Å². The van der Waals surface area contributed by atoms with Crippen LogP contribution in [0.5, 0.6) is 0 Å². The zero-order valence-electron chi connectivity index (χ0n) is 15.2. The van der Waals surface area contributed by atoms with Crippen LogP contribution in [0.2, 0.25) is 0 Å². The van der Waals surface area contributed by atoms with E-state index < -0.39 is 0 Å². The Morgan fingerprint density at radius 3 is 1.27 bits per heavy atom. The first-order valence-corrected chi connectivity index (χ1v) is 9.00. The van der Waals surface area contributed by atoms with Gasteiger partial charge in [-0.3, -0.25) is 0 Å². The molecule has 128 valence electrons. The maximum absolute atomic E-state index is 3.36. The zero-order chi connectivity index (χ0) is 18.2. The number of fused-ring (bicyclic) bond motifs is 4. The fourth-order valence-corrected chi connectivity index (χ4v) is 3.21. The molecule has 0 nitrogen and oxygen atoms in total. The molecule has 0 spiro atoms. The molecule has 0 heteroatoms. The fourth-order valence-electron chi connectivity index (χ4n) is 3.21. The van der Waals surface area contributed by atoms with E-state index in [0.717, 1.165) is 6.42 Å². The van der Waals surface area contributed by atoms with Crippen LogP contribution in [-0.2, 0) is 6.42 Å². The van der Waals surface area contributed by atoms with E-state index in [0.29, 0.717) is 0 Å². The van der Waals surface area contributed by atoms with Gasteiger partial charge in [0.25, 0.3) is 0 Å². The van der Waals surface area contributed by atoms with Crippen molar-refractivity contribution >= 4 is 10.8 Å². The zero-order valence-corrected chi connectivity index (χ0v) is 15.2. The Labute approximate surface area is 156 Å². The van der Waals surface area contributed by atoms with Crippen molar-refractivity contribution in [1.82, 2.24) is 0 Å². The van der Waals surface area contributed by atoms with Gasteiger partial charge in [-0.2, -0.15) is 0 Å². The number of allylic oxidation sites excluding steroid dienone is 1. The fraction of sp³-hybridized carbons (Fsp3) is 0.0769. The van der Waals surface area contributed by atoms with Gasteiger partial charge in [0, 0.05) is 0 Å². The lowest BCUT2D eigenvalue weighted by molar-refractivity contribution is 1.26. The third-order valence-corrected chi connectivity index (χ3v) is 4.36. The molecule has 5 rings (SSSR count). The molecular formula is C26H24. The van der Waals surface area contributed by atoms with E-state index in [1.54, 1.807) is 6.08 Å². The van der Waals surface area contributed by atoms with Gasteiger partial charge < -0.3 is 0 Å². The summed E-state index contributed by atoms with van der Waals surface area (Å²) in [6.45, 7) is 5.25. The van der Waals surface area contributed by atoms with E-state index in [2.05, 4.69) is 104 Å². The van der Waals surface area contributed by atoms with E-state index in [4.69, 9.17) is 0 Å². The molecule has 0 heterocycles. The summed E-state index contributed by atoms with van der Waals surface area (Å²) in [5.41, 5.74) is 5.75. The lowest BCUT2D eigenvalue weighted by Crippen LogP contribution is -1.77. The molecule has 0 N–H and O–H groups in total. The average Bonchev–Trinajstić information content (AvgIpc) is 3.08. The highest BCUT2D eigenvalue weighted by Gasteiger charge is 2.15. The summed E-state index contributed by atoms with van der Waals surface area (Å²) in [7, 11) is 0. The lowest BCUT2D eigenvalue weighted by Gasteiger charge is -1.98. The monoisotopic (exact) mass is 336 g/mol. The summed E-state index contributed by atoms with van der Waals surface area (Å²) in [6, 6.07) is 34.0. The minimum atomic E-state index is 1.10. The molecule has 0 radical (unpaired) electrons. The van der Waals surface area contributed by atoms with Crippen LogP contribution in [0.3, 0.4) is 0 Å². The molecule has 4 aromatic carbocycles. The van der Waals surface area contributed by atoms with Gasteiger partial charge in [-0.15, -0.1) is 6.58 Å². The highest BCUT2D eigenvalue weighted by atomic mass is 14.2. The first kappa shape index (κ1) is 17.7. The summed E-state index contributed by atoms with van der Waals surface area (Å²) in [6.07, 6.45) is 2.85. The lowest BCUT2D eigenvalue weighted by atomic mass is 10.1. The van der Waals surface area contributed by atoms with Crippen molar-refractivity contribution in [3.05, 3.63) is 121 Å². The summed E-state index contributed by atoms with van der Waals surface area (Å²) < 4.78 is 0. The van der Waals surface area contributed by atoms with Gasteiger partial charge in [-0.1, -0.05) is 103 Å². The Morgan fingerprint density at radius 1 is 0.577 bits per heavy atom. The van der Waals surface area contributed by atoms with Gasteiger partial charge >= 0.3 is 0 Å². The maximum Gasteiger partial charge on any atom is -0.00135 e. The molecule has 0 unspecified atom stereocenters. The second kappa shape index (κ2) is 8.82. The van der Waals surface area contributed by atoms with Crippen molar-refractivity contribution in [3.8, 4) is 11.1 Å². The molecular weight excluding hydrogens is 312 g/mol. The van der Waals surface area contributed by atoms with Crippen molar-refractivity contribution in [1.29, 1.82) is 0 Å². The van der Waals surface area contributed by atoms with E-state index in [1.807, 2.05) is 6.92 Å². The van der Waals surface area contributed by atoms with Gasteiger partial charge in [0.1, 0.15) is 0 Å². The topological polar surface area (TPSA) is 0 Å². The van der Waals surface area contributed by atoms with Crippen molar-refractivity contribution in [3.63, 3.8) is 0 Å². The van der Waals surface area contributed by atoms with Crippen LogP contribution in [-0.4, -0.2) is 0 Å². The molecule has 0 amide bonds. The predicted molar refractivity (Wildman–Crippen MR) is 115 cm³/mol. The van der Waals surface area contributed by atoms with E-state index in [1.165, 1.54) is 33.0 Å². The quantitative estimate of drug-likeness (QED) is 0.260. The molecule has 1 aliphatic rings. The van der Waals surface area contributed by atoms with Crippen LogP contribution in [0.4, 0.5) is 0 Å². The molecule has 0 aliphatic heterocycles. The molecule has 0 aromatic heterocycles. The Kier molecular flexibility index (Phi) is 6.01. The Hall–Kier alpha value is -3.12. The Balaban J connectivity index is 0.000000135. The van der Waals surface area contributed by atoms with Gasteiger partial charge in [-0.05, 0) is 46.4 Å². The summed E-state index contributed by atoms with van der Waals surface area (Å²) in [5, 5.41) is 2.62. The molecule has 0 fully saturated rings. The molecule has 1 aliphatic carbocycles. The van der Waals surface area contributed by atoms with Crippen LogP contribution >= 0.6 is 0 Å². The smallest absolute Gasteiger partial charge is 0.00135 e. The average molecular weight is 336 g/mol. The molecule has 0 saturated carbocycles. The predicted octanol–water partition coefficient (Wildman–Crippen LogP) is 7.29. The minimum absolute atomic E-state index is 1.10. The Bertz CT molecular complexity index is 886. The van der Waals surface area contributed by atoms with Gasteiger partial charge in [0.15, 0.2) is 0 Å². The number of hydrogen-bond donors (Lipinski definition) is 0. The largest absolute Gasteiger partial charge is 0.103 e. The van der Waals surface area contributed by atoms with Crippen LogP contribution in [0.15, 0.2) is 110 Å². The molecule has 26 heavy (non-hydrogen) atoms. The number of hydrogen-bond acceptors (Lipinski definition) is 0. The van der Waals surface area contributed by atoms with Gasteiger partial charge in [0.2, 0.25) is 0 Å². The van der Waals surface area contributed by atoms with Crippen molar-refractivity contribution in [2.75, 3.05) is 0 Å². The molecule has 4 aromatic rings. The summed E-state index contributed by atoms with van der Waals surface area (Å²) in [5.74, 6) is 0. The SMILES string of the molecule is C=CC.c1ccc2c(c1)Cc1ccccc1-2.c1ccc2ccccc2c1. The molecule has 0 atom stereocenters. The van der Waals surface area contributed by atoms with E-state index in [9.17, 15) is 0 Å². The minimum Gasteiger partial charge on any atom is -0.103 e. The molecule has 0 bridgehead atoms. The number of benzene rings is 4. The standard InChI is InChI=1S/C13H10.C10H8.C3H6/c1-3-7-12-10(5-1)9-11-6-2-4-8-13(11)12;1-2-6-10-8-4-3-7-9(10)5-1;1-3-2/h1-8H,9H2;1-8H;3H,1H2,2H3. The second-order valence-corrected chi connectivity index (χ2v) is 6.25. The van der Waals surface area contributed by atoms with Gasteiger partial charge in [0.05, 0.1) is 0 Å². The van der Waals surface area contributed by atoms with E-state index >= 15 is 0 Å². The Morgan fingerprint density at radius 2 is 0.885 bits per heavy atom. The van der Waals surface area contributed by atoms with Crippen molar-refractivity contribution in [2.45, 2.75) is 13.3 Å². The third kappa shape index (κ3) is 4.10. The van der Waals surface area contributed by atoms with Crippen LogP contribution in [0.1, 0.15) is 18.1 Å². The summed E-state index contributed by atoms with van der Waals surface area (Å²) in [4.78, 5) is 0. The van der Waals surface area contributed by atoms with Crippen molar-refractivity contribution < 1.29 is 0 Å². The van der Waals surface area contributed by atoms with E-state index in [-0.39, 0.29) is 0 Å². The third-order valence-electron chi connectivity index (χ3n) is 4.36. The van der Waals surface area contributed by atoms with Crippen LogP contribution in [0, 0.1) is 0 Å². The first-order chi connectivity index (χ1) is 12.8. The first-order valence-electron chi connectivity index (χ1n) is 9.00. The highest BCUT2D eigenvalue weighted by molar-refractivity contribution is 5.82. The highest BCUT2D eigenvalue weighted by Crippen LogP contribution is 2.35. The second-order valence-electron chi connectivity index (χ2n) is 6.25. The van der Waals surface area contributed by atoms with Crippen LogP contribution < -0.4 is 0 Å². The van der Waals surface area contributed by atoms with Crippen LogP contribution in [0.25, 0.3) is 21.9 Å². The molecule has 0 saturated heterocycles. The van der Waals surface area contributed by atoms with Gasteiger partial charge in [-0.25, -0.2) is 0 Å².